The van der Waals surface area contributed by atoms with Gasteiger partial charge in [0.15, 0.2) is 5.96 Å². The minimum absolute atomic E-state index is 0.363. The number of rotatable bonds is 6. The van der Waals surface area contributed by atoms with E-state index in [9.17, 15) is 0 Å². The highest BCUT2D eigenvalue weighted by Gasteiger charge is 2.57. The Hall–Kier alpha value is -0.810. The molecule has 0 aromatic heterocycles. The summed E-state index contributed by atoms with van der Waals surface area (Å²) >= 11 is 0. The first kappa shape index (κ1) is 18.5. The topological polar surface area (TPSA) is 48.9 Å². The van der Waals surface area contributed by atoms with Crippen LogP contribution in [0, 0.1) is 5.41 Å². The van der Waals surface area contributed by atoms with Gasteiger partial charge in [-0.05, 0) is 58.8 Å². The summed E-state index contributed by atoms with van der Waals surface area (Å²) in [6, 6.07) is 2.02. The Morgan fingerprint density at radius 3 is 2.42 bits per heavy atom. The quantitative estimate of drug-likeness (QED) is 0.563. The van der Waals surface area contributed by atoms with Gasteiger partial charge in [-0.1, -0.05) is 12.8 Å². The molecule has 1 aliphatic heterocycles. The molecule has 2 N–H and O–H groups in total. The second-order valence-corrected chi connectivity index (χ2v) is 8.83. The normalized spacial score (nSPS) is 32.6. The van der Waals surface area contributed by atoms with Gasteiger partial charge in [-0.15, -0.1) is 0 Å². The van der Waals surface area contributed by atoms with Gasteiger partial charge in [0.1, 0.15) is 0 Å². The molecule has 3 saturated carbocycles. The molecular formula is C21H38N4O. The highest BCUT2D eigenvalue weighted by molar-refractivity contribution is 5.80. The van der Waals surface area contributed by atoms with Crippen LogP contribution < -0.4 is 10.6 Å². The third-order valence-electron chi connectivity index (χ3n) is 7.25. The van der Waals surface area contributed by atoms with Crippen LogP contribution in [-0.2, 0) is 4.74 Å². The van der Waals surface area contributed by atoms with Crippen molar-refractivity contribution < 1.29 is 4.74 Å². The van der Waals surface area contributed by atoms with Crippen molar-refractivity contribution in [2.45, 2.75) is 95.9 Å². The summed E-state index contributed by atoms with van der Waals surface area (Å²) < 4.78 is 6.07. The highest BCUT2D eigenvalue weighted by atomic mass is 16.5. The Bertz CT molecular complexity index is 490. The molecule has 148 valence electrons. The van der Waals surface area contributed by atoms with Gasteiger partial charge < -0.3 is 20.3 Å². The molecule has 2 atom stereocenters. The molecule has 1 saturated heterocycles. The fourth-order valence-electron chi connectivity index (χ4n) is 5.59. The number of aliphatic imine (C=N–C) groups is 1. The highest BCUT2D eigenvalue weighted by Crippen LogP contribution is 2.54. The Morgan fingerprint density at radius 1 is 1.08 bits per heavy atom. The van der Waals surface area contributed by atoms with Crippen LogP contribution in [-0.4, -0.2) is 61.3 Å². The summed E-state index contributed by atoms with van der Waals surface area (Å²) in [7, 11) is 0. The molecule has 0 aromatic rings. The van der Waals surface area contributed by atoms with Crippen molar-refractivity contribution >= 4 is 5.96 Å². The van der Waals surface area contributed by atoms with Crippen LogP contribution in [0.2, 0.25) is 0 Å². The molecule has 5 heteroatoms. The second kappa shape index (κ2) is 8.05. The molecule has 2 unspecified atom stereocenters. The zero-order valence-electron chi connectivity index (χ0n) is 16.8. The molecule has 0 bridgehead atoms. The molecule has 4 fully saturated rings. The fraction of sp³-hybridized carbons (Fsp3) is 0.952. The van der Waals surface area contributed by atoms with Crippen molar-refractivity contribution in [2.24, 2.45) is 10.4 Å². The number of hydrogen-bond donors (Lipinski definition) is 2. The Kier molecular flexibility index (Phi) is 5.75. The van der Waals surface area contributed by atoms with Gasteiger partial charge in [0, 0.05) is 49.8 Å². The number of guanidine groups is 1. The predicted octanol–water partition coefficient (Wildman–Crippen LogP) is 2.91. The average molecular weight is 363 g/mol. The average Bonchev–Trinajstić information content (AvgIpc) is 3.36. The second-order valence-electron chi connectivity index (χ2n) is 8.83. The lowest BCUT2D eigenvalue weighted by Gasteiger charge is -2.54. The van der Waals surface area contributed by atoms with Crippen LogP contribution in [0.5, 0.6) is 0 Å². The van der Waals surface area contributed by atoms with E-state index in [1.54, 1.807) is 0 Å². The van der Waals surface area contributed by atoms with E-state index >= 15 is 0 Å². The molecule has 5 nitrogen and oxygen atoms in total. The maximum atomic E-state index is 6.07. The predicted molar refractivity (Wildman–Crippen MR) is 107 cm³/mol. The van der Waals surface area contributed by atoms with E-state index in [1.165, 1.54) is 64.5 Å². The zero-order chi connectivity index (χ0) is 18.0. The summed E-state index contributed by atoms with van der Waals surface area (Å²) in [6.45, 7) is 8.44. The SMILES string of the molecule is CCN=C(NC1CCN(C2CC2)CC1)NC1CC(OCC)C12CCCC2. The number of nitrogens with zero attached hydrogens (tertiary/aromatic N) is 2. The third kappa shape index (κ3) is 3.75. The van der Waals surface area contributed by atoms with Gasteiger partial charge in [0.05, 0.1) is 6.10 Å². The Morgan fingerprint density at radius 2 is 1.81 bits per heavy atom. The minimum Gasteiger partial charge on any atom is -0.378 e. The van der Waals surface area contributed by atoms with Crippen molar-refractivity contribution in [3.8, 4) is 0 Å². The van der Waals surface area contributed by atoms with Crippen molar-refractivity contribution in [3.63, 3.8) is 0 Å². The monoisotopic (exact) mass is 362 g/mol. The van der Waals surface area contributed by atoms with E-state index in [1.807, 2.05) is 0 Å². The van der Waals surface area contributed by atoms with E-state index in [2.05, 4.69) is 29.4 Å². The molecule has 4 aliphatic rings. The van der Waals surface area contributed by atoms with Crippen molar-refractivity contribution in [1.29, 1.82) is 0 Å². The van der Waals surface area contributed by atoms with Crippen LogP contribution >= 0.6 is 0 Å². The molecule has 4 rings (SSSR count). The van der Waals surface area contributed by atoms with E-state index in [4.69, 9.17) is 9.73 Å². The first-order valence-corrected chi connectivity index (χ1v) is 11.2. The summed E-state index contributed by atoms with van der Waals surface area (Å²) in [5, 5.41) is 7.57. The van der Waals surface area contributed by atoms with Gasteiger partial charge in [-0.25, -0.2) is 0 Å². The number of likely N-dealkylation sites (tertiary alicyclic amines) is 1. The third-order valence-corrected chi connectivity index (χ3v) is 7.25. The summed E-state index contributed by atoms with van der Waals surface area (Å²) in [5.41, 5.74) is 0.363. The van der Waals surface area contributed by atoms with Gasteiger partial charge >= 0.3 is 0 Å². The Balaban J connectivity index is 1.32. The summed E-state index contributed by atoms with van der Waals surface area (Å²) in [5.74, 6) is 1.04. The standard InChI is InChI=1S/C21H38N4O/c1-3-22-20(23-16-9-13-25(14-10-16)17-7-8-17)24-18-15-19(26-4-2)21(18)11-5-6-12-21/h16-19H,3-15H2,1-2H3,(H2,22,23,24). The van der Waals surface area contributed by atoms with Crippen LogP contribution in [0.4, 0.5) is 0 Å². The lowest BCUT2D eigenvalue weighted by Crippen LogP contribution is -2.65. The molecule has 3 aliphatic carbocycles. The van der Waals surface area contributed by atoms with Gasteiger partial charge in [0.2, 0.25) is 0 Å². The maximum absolute atomic E-state index is 6.07. The molecule has 1 heterocycles. The zero-order valence-corrected chi connectivity index (χ0v) is 16.8. The van der Waals surface area contributed by atoms with E-state index in [0.717, 1.165) is 31.6 Å². The number of nitrogens with one attached hydrogen (secondary N) is 2. The van der Waals surface area contributed by atoms with Crippen molar-refractivity contribution in [3.05, 3.63) is 0 Å². The van der Waals surface area contributed by atoms with E-state index in [-0.39, 0.29) is 0 Å². The van der Waals surface area contributed by atoms with Crippen LogP contribution in [0.15, 0.2) is 4.99 Å². The molecular weight excluding hydrogens is 324 g/mol. The van der Waals surface area contributed by atoms with Crippen LogP contribution in [0.3, 0.4) is 0 Å². The first-order chi connectivity index (χ1) is 12.7. The van der Waals surface area contributed by atoms with Gasteiger partial charge in [-0.2, -0.15) is 0 Å². The molecule has 0 aromatic carbocycles. The van der Waals surface area contributed by atoms with Crippen LogP contribution in [0.1, 0.15) is 71.6 Å². The number of piperidine rings is 1. The summed E-state index contributed by atoms with van der Waals surface area (Å²) in [6.07, 6.45) is 12.3. The molecule has 0 amide bonds. The fourth-order valence-corrected chi connectivity index (χ4v) is 5.59. The lowest BCUT2D eigenvalue weighted by atomic mass is 9.60. The maximum Gasteiger partial charge on any atom is 0.191 e. The smallest absolute Gasteiger partial charge is 0.191 e. The van der Waals surface area contributed by atoms with Crippen molar-refractivity contribution in [2.75, 3.05) is 26.2 Å². The lowest BCUT2D eigenvalue weighted by molar-refractivity contribution is -0.125. The number of hydrogen-bond acceptors (Lipinski definition) is 3. The molecule has 26 heavy (non-hydrogen) atoms. The van der Waals surface area contributed by atoms with Gasteiger partial charge in [0.25, 0.3) is 0 Å². The van der Waals surface area contributed by atoms with Crippen LogP contribution in [0.25, 0.3) is 0 Å². The summed E-state index contributed by atoms with van der Waals surface area (Å²) in [4.78, 5) is 7.46. The number of ether oxygens (including phenoxy) is 1. The van der Waals surface area contributed by atoms with E-state index in [0.29, 0.717) is 23.6 Å². The minimum atomic E-state index is 0.363. The van der Waals surface area contributed by atoms with E-state index < -0.39 is 0 Å². The van der Waals surface area contributed by atoms with Crippen molar-refractivity contribution in [1.82, 2.24) is 15.5 Å². The molecule has 0 radical (unpaired) electrons. The first-order valence-electron chi connectivity index (χ1n) is 11.2. The largest absolute Gasteiger partial charge is 0.378 e. The van der Waals surface area contributed by atoms with Gasteiger partial charge in [-0.3, -0.25) is 4.99 Å². The Labute approximate surface area is 159 Å². The molecule has 1 spiro atoms.